The van der Waals surface area contributed by atoms with Crippen LogP contribution in [0.5, 0.6) is 0 Å². The smallest absolute Gasteiger partial charge is 0.0574 e. The van der Waals surface area contributed by atoms with Gasteiger partial charge in [-0.3, -0.25) is 0 Å². The van der Waals surface area contributed by atoms with Gasteiger partial charge in [0.05, 0.1) is 6.10 Å². The number of ether oxygens (including phenoxy) is 1. The highest BCUT2D eigenvalue weighted by Crippen LogP contribution is 2.27. The van der Waals surface area contributed by atoms with Crippen LogP contribution in [0, 0.1) is 5.92 Å². The molecule has 0 amide bonds. The van der Waals surface area contributed by atoms with Gasteiger partial charge in [0.1, 0.15) is 0 Å². The highest BCUT2D eigenvalue weighted by Gasteiger charge is 2.19. The fourth-order valence-electron chi connectivity index (χ4n) is 1.83. The molecule has 2 atom stereocenters. The van der Waals surface area contributed by atoms with E-state index >= 15 is 0 Å². The molecule has 1 saturated carbocycles. The van der Waals surface area contributed by atoms with Crippen molar-refractivity contribution in [2.45, 2.75) is 45.1 Å². The topological polar surface area (TPSA) is 9.23 Å². The molecule has 1 rings (SSSR count). The summed E-state index contributed by atoms with van der Waals surface area (Å²) in [5, 5.41) is 0. The Bertz CT molecular complexity index is 80.7. The Morgan fingerprint density at radius 3 is 2.80 bits per heavy atom. The quantitative estimate of drug-likeness (QED) is 0.576. The molecule has 0 unspecified atom stereocenters. The molecule has 0 aromatic carbocycles. The van der Waals surface area contributed by atoms with Crippen molar-refractivity contribution in [3.05, 3.63) is 0 Å². The first kappa shape index (κ1) is 8.06. The molecule has 0 heterocycles. The highest BCUT2D eigenvalue weighted by atomic mass is 16.5. The summed E-state index contributed by atoms with van der Waals surface area (Å²) in [5.74, 6) is 0.943. The lowest BCUT2D eigenvalue weighted by molar-refractivity contribution is 0.0500. The second-order valence-electron chi connectivity index (χ2n) is 3.30. The van der Waals surface area contributed by atoms with Crippen LogP contribution in [0.1, 0.15) is 39.0 Å². The molecule has 0 spiro atoms. The van der Waals surface area contributed by atoms with E-state index in [1.165, 1.54) is 32.1 Å². The molecule has 1 heteroatoms. The van der Waals surface area contributed by atoms with E-state index in [0.29, 0.717) is 6.10 Å². The number of methoxy groups -OCH3 is 1. The molecule has 1 aliphatic carbocycles. The van der Waals surface area contributed by atoms with E-state index in [9.17, 15) is 0 Å². The van der Waals surface area contributed by atoms with Gasteiger partial charge in [0.15, 0.2) is 0 Å². The summed E-state index contributed by atoms with van der Waals surface area (Å²) in [4.78, 5) is 0. The van der Waals surface area contributed by atoms with Crippen LogP contribution in [0.3, 0.4) is 0 Å². The Kier molecular flexibility index (Phi) is 3.20. The van der Waals surface area contributed by atoms with Crippen molar-refractivity contribution < 1.29 is 4.74 Å². The van der Waals surface area contributed by atoms with E-state index in [1.54, 1.807) is 0 Å². The molecule has 1 aliphatic rings. The minimum Gasteiger partial charge on any atom is -0.381 e. The number of hydrogen-bond donors (Lipinski definition) is 0. The minimum absolute atomic E-state index is 0.568. The minimum atomic E-state index is 0.568. The lowest BCUT2D eigenvalue weighted by atomic mass is 9.86. The maximum Gasteiger partial charge on any atom is 0.0574 e. The normalized spacial score (nSPS) is 34.2. The second-order valence-corrected chi connectivity index (χ2v) is 3.30. The molecule has 1 nitrogen and oxygen atoms in total. The maximum atomic E-state index is 5.32. The predicted octanol–water partition coefficient (Wildman–Crippen LogP) is 2.60. The van der Waals surface area contributed by atoms with E-state index in [1.807, 2.05) is 7.11 Å². The lowest BCUT2D eigenvalue weighted by Crippen LogP contribution is -2.20. The average molecular weight is 142 g/mol. The van der Waals surface area contributed by atoms with Crippen LogP contribution in [-0.2, 0) is 4.74 Å². The zero-order valence-corrected chi connectivity index (χ0v) is 7.10. The second kappa shape index (κ2) is 3.97. The van der Waals surface area contributed by atoms with Crippen LogP contribution in [0.25, 0.3) is 0 Å². The van der Waals surface area contributed by atoms with Gasteiger partial charge in [0.25, 0.3) is 0 Å². The molecule has 0 saturated heterocycles. The van der Waals surface area contributed by atoms with E-state index in [0.717, 1.165) is 5.92 Å². The van der Waals surface area contributed by atoms with Gasteiger partial charge in [0, 0.05) is 7.11 Å². The van der Waals surface area contributed by atoms with Gasteiger partial charge in [-0.1, -0.05) is 26.2 Å². The SMILES string of the molecule is CC[C@@H]1CCC[C@@H](OC)C1. The largest absolute Gasteiger partial charge is 0.381 e. The van der Waals surface area contributed by atoms with Gasteiger partial charge in [-0.15, -0.1) is 0 Å². The molecular weight excluding hydrogens is 124 g/mol. The van der Waals surface area contributed by atoms with Gasteiger partial charge in [-0.2, -0.15) is 0 Å². The van der Waals surface area contributed by atoms with Crippen molar-refractivity contribution >= 4 is 0 Å². The zero-order chi connectivity index (χ0) is 7.40. The summed E-state index contributed by atoms with van der Waals surface area (Å²) in [5.41, 5.74) is 0. The standard InChI is InChI=1S/C9H18O/c1-3-8-5-4-6-9(7-8)10-2/h8-9H,3-7H2,1-2H3/t8-,9-/m1/s1. The third-order valence-electron chi connectivity index (χ3n) is 2.65. The first-order valence-corrected chi connectivity index (χ1v) is 4.39. The third kappa shape index (κ3) is 1.98. The summed E-state index contributed by atoms with van der Waals surface area (Å²) in [6.45, 7) is 2.28. The Balaban J connectivity index is 2.25. The van der Waals surface area contributed by atoms with E-state index in [-0.39, 0.29) is 0 Å². The van der Waals surface area contributed by atoms with Crippen molar-refractivity contribution in [1.82, 2.24) is 0 Å². The molecule has 0 aromatic heterocycles. The van der Waals surface area contributed by atoms with E-state index in [4.69, 9.17) is 4.74 Å². The van der Waals surface area contributed by atoms with Gasteiger partial charge < -0.3 is 4.74 Å². The zero-order valence-electron chi connectivity index (χ0n) is 7.10. The van der Waals surface area contributed by atoms with Crippen molar-refractivity contribution in [3.8, 4) is 0 Å². The molecule has 60 valence electrons. The molecule has 0 bridgehead atoms. The third-order valence-corrected chi connectivity index (χ3v) is 2.65. The Hall–Kier alpha value is -0.0400. The molecular formula is C9H18O. The molecule has 0 aliphatic heterocycles. The predicted molar refractivity (Wildman–Crippen MR) is 43.0 cm³/mol. The fourth-order valence-corrected chi connectivity index (χ4v) is 1.83. The maximum absolute atomic E-state index is 5.32. The molecule has 1 fully saturated rings. The van der Waals surface area contributed by atoms with Gasteiger partial charge in [0.2, 0.25) is 0 Å². The van der Waals surface area contributed by atoms with Gasteiger partial charge in [-0.05, 0) is 18.8 Å². The Morgan fingerprint density at radius 2 is 2.20 bits per heavy atom. The average Bonchev–Trinajstić information content (AvgIpc) is 2.05. The summed E-state index contributed by atoms with van der Waals surface area (Å²) < 4.78 is 5.32. The van der Waals surface area contributed by atoms with Crippen LogP contribution in [0.2, 0.25) is 0 Å². The number of rotatable bonds is 2. The molecule has 0 aromatic rings. The van der Waals surface area contributed by atoms with Crippen LogP contribution in [-0.4, -0.2) is 13.2 Å². The Labute approximate surface area is 63.8 Å². The van der Waals surface area contributed by atoms with Crippen LogP contribution in [0.15, 0.2) is 0 Å². The van der Waals surface area contributed by atoms with Gasteiger partial charge >= 0.3 is 0 Å². The lowest BCUT2D eigenvalue weighted by Gasteiger charge is -2.27. The van der Waals surface area contributed by atoms with E-state index < -0.39 is 0 Å². The van der Waals surface area contributed by atoms with Crippen LogP contribution >= 0.6 is 0 Å². The van der Waals surface area contributed by atoms with Crippen molar-refractivity contribution in [3.63, 3.8) is 0 Å². The molecule has 0 radical (unpaired) electrons. The van der Waals surface area contributed by atoms with Crippen molar-refractivity contribution in [1.29, 1.82) is 0 Å². The fraction of sp³-hybridized carbons (Fsp3) is 1.00. The Morgan fingerprint density at radius 1 is 1.40 bits per heavy atom. The monoisotopic (exact) mass is 142 g/mol. The number of hydrogen-bond acceptors (Lipinski definition) is 1. The first-order valence-electron chi connectivity index (χ1n) is 4.39. The van der Waals surface area contributed by atoms with Crippen molar-refractivity contribution in [2.75, 3.05) is 7.11 Å². The van der Waals surface area contributed by atoms with Crippen LogP contribution < -0.4 is 0 Å². The van der Waals surface area contributed by atoms with Crippen molar-refractivity contribution in [2.24, 2.45) is 5.92 Å². The summed E-state index contributed by atoms with van der Waals surface area (Å²) in [7, 11) is 1.84. The van der Waals surface area contributed by atoms with E-state index in [2.05, 4.69) is 6.92 Å². The first-order chi connectivity index (χ1) is 4.86. The summed E-state index contributed by atoms with van der Waals surface area (Å²) in [6.07, 6.45) is 7.28. The van der Waals surface area contributed by atoms with Crippen LogP contribution in [0.4, 0.5) is 0 Å². The summed E-state index contributed by atoms with van der Waals surface area (Å²) >= 11 is 0. The summed E-state index contributed by atoms with van der Waals surface area (Å²) in [6, 6.07) is 0. The highest BCUT2D eigenvalue weighted by molar-refractivity contribution is 4.71. The molecule has 0 N–H and O–H groups in total. The van der Waals surface area contributed by atoms with Gasteiger partial charge in [-0.25, -0.2) is 0 Å². The molecule has 10 heavy (non-hydrogen) atoms.